The van der Waals surface area contributed by atoms with Gasteiger partial charge < -0.3 is 9.16 Å². The number of hydrogen-bond donors (Lipinski definition) is 0. The van der Waals surface area contributed by atoms with Gasteiger partial charge in [0.2, 0.25) is 0 Å². The van der Waals surface area contributed by atoms with Crippen molar-refractivity contribution in [3.8, 4) is 0 Å². The number of Topliss-reactive ketones (excluding diaryl/α,β-unsaturated/α-hetero) is 1. The molecular formula is C35H53NO4Si. The molecule has 0 radical (unpaired) electrons. The van der Waals surface area contributed by atoms with Gasteiger partial charge in [0.1, 0.15) is 5.60 Å². The first-order valence-corrected chi connectivity index (χ1v) is 17.3. The third-order valence-corrected chi connectivity index (χ3v) is 14.0. The Balaban J connectivity index is 2.42. The van der Waals surface area contributed by atoms with E-state index in [0.29, 0.717) is 36.2 Å². The number of carbonyl (C=O) groups excluding carboxylic acids is 2. The molecule has 0 spiro atoms. The number of nitrogens with zero attached hydrogens (tertiary/aromatic N) is 1. The molecule has 5 nitrogen and oxygen atoms in total. The molecule has 41 heavy (non-hydrogen) atoms. The summed E-state index contributed by atoms with van der Waals surface area (Å²) in [5.74, 6) is -1.38. The van der Waals surface area contributed by atoms with Crippen LogP contribution in [-0.4, -0.2) is 43.2 Å². The zero-order valence-corrected chi connectivity index (χ0v) is 28.0. The fraction of sp³-hybridized carbons (Fsp3) is 0.543. The maximum Gasteiger partial charge on any atom is 0.377 e. The Hall–Kier alpha value is -2.54. The van der Waals surface area contributed by atoms with E-state index in [1.54, 1.807) is 20.8 Å². The van der Waals surface area contributed by atoms with Crippen LogP contribution in [-0.2, 0) is 25.3 Å². The number of carbonyl (C=O) groups is 2. The van der Waals surface area contributed by atoms with Gasteiger partial charge in [0.05, 0.1) is 6.04 Å². The first kappa shape index (κ1) is 34.7. The molecule has 0 saturated heterocycles. The van der Waals surface area contributed by atoms with Gasteiger partial charge in [-0.2, -0.15) is 0 Å². The number of esters is 1. The van der Waals surface area contributed by atoms with Gasteiger partial charge in [-0.15, -0.1) is 0 Å². The summed E-state index contributed by atoms with van der Waals surface area (Å²) in [6.45, 7) is 22.2. The quantitative estimate of drug-likeness (QED) is 0.0695. The van der Waals surface area contributed by atoms with Crippen LogP contribution in [0.4, 0.5) is 0 Å². The highest BCUT2D eigenvalue weighted by atomic mass is 28.4. The Morgan fingerprint density at radius 1 is 0.829 bits per heavy atom. The molecule has 226 valence electrons. The lowest BCUT2D eigenvalue weighted by atomic mass is 10.0. The summed E-state index contributed by atoms with van der Waals surface area (Å²) < 4.78 is 12.3. The lowest BCUT2D eigenvalue weighted by molar-refractivity contribution is -0.164. The van der Waals surface area contributed by atoms with Crippen molar-refractivity contribution in [2.75, 3.05) is 6.61 Å². The molecule has 0 aliphatic carbocycles. The van der Waals surface area contributed by atoms with Crippen molar-refractivity contribution < 1.29 is 18.8 Å². The monoisotopic (exact) mass is 579 g/mol. The van der Waals surface area contributed by atoms with Crippen molar-refractivity contribution >= 4 is 20.1 Å². The summed E-state index contributed by atoms with van der Waals surface area (Å²) in [4.78, 5) is 29.0. The lowest BCUT2D eigenvalue weighted by Crippen LogP contribution is -2.48. The summed E-state index contributed by atoms with van der Waals surface area (Å²) in [7, 11) is -1.99. The molecule has 0 aliphatic rings. The van der Waals surface area contributed by atoms with Crippen LogP contribution in [0, 0.1) is 0 Å². The molecule has 0 saturated carbocycles. The van der Waals surface area contributed by atoms with Crippen LogP contribution >= 0.6 is 0 Å². The van der Waals surface area contributed by atoms with Crippen molar-refractivity contribution in [2.24, 2.45) is 0 Å². The van der Waals surface area contributed by atoms with Gasteiger partial charge >= 0.3 is 5.97 Å². The molecule has 0 bridgehead atoms. The molecule has 0 amide bonds. The zero-order valence-electron chi connectivity index (χ0n) is 27.0. The third kappa shape index (κ3) is 9.76. The summed E-state index contributed by atoms with van der Waals surface area (Å²) in [5.41, 5.74) is 2.88. The fourth-order valence-corrected chi connectivity index (χ4v) is 11.5. The largest absolute Gasteiger partial charge is 0.454 e. The van der Waals surface area contributed by atoms with Crippen LogP contribution in [0.15, 0.2) is 72.8 Å². The van der Waals surface area contributed by atoms with Crippen molar-refractivity contribution in [3.63, 3.8) is 0 Å². The molecular weight excluding hydrogens is 526 g/mol. The molecule has 2 atom stereocenters. The van der Waals surface area contributed by atoms with Crippen LogP contribution in [0.1, 0.15) is 92.8 Å². The Labute approximate surface area is 250 Å². The van der Waals surface area contributed by atoms with E-state index in [9.17, 15) is 9.59 Å². The second-order valence-electron chi connectivity index (χ2n) is 12.9. The minimum absolute atomic E-state index is 0.128. The van der Waals surface area contributed by atoms with E-state index in [0.717, 1.165) is 11.1 Å². The fourth-order valence-electron chi connectivity index (χ4n) is 6.02. The molecule has 2 rings (SSSR count). The van der Waals surface area contributed by atoms with Crippen LogP contribution < -0.4 is 0 Å². The van der Waals surface area contributed by atoms with E-state index in [4.69, 9.17) is 9.16 Å². The molecule has 0 unspecified atom stereocenters. The second kappa shape index (κ2) is 15.6. The van der Waals surface area contributed by atoms with E-state index in [1.165, 1.54) is 0 Å². The Bertz CT molecular complexity index is 1080. The van der Waals surface area contributed by atoms with Crippen LogP contribution in [0.5, 0.6) is 0 Å². The summed E-state index contributed by atoms with van der Waals surface area (Å²) in [6, 6.07) is 19.2. The van der Waals surface area contributed by atoms with Crippen molar-refractivity contribution in [3.05, 3.63) is 83.9 Å². The van der Waals surface area contributed by atoms with Gasteiger partial charge in [-0.05, 0) is 61.9 Å². The van der Waals surface area contributed by atoms with Crippen LogP contribution in [0.3, 0.4) is 0 Å². The molecule has 0 aliphatic heterocycles. The molecule has 2 aromatic rings. The van der Waals surface area contributed by atoms with E-state index < -0.39 is 31.7 Å². The van der Waals surface area contributed by atoms with Gasteiger partial charge in [-0.25, -0.2) is 4.79 Å². The first-order valence-electron chi connectivity index (χ1n) is 15.1. The Morgan fingerprint density at radius 3 is 1.83 bits per heavy atom. The molecule has 0 heterocycles. The van der Waals surface area contributed by atoms with Crippen molar-refractivity contribution in [2.45, 2.75) is 117 Å². The van der Waals surface area contributed by atoms with Crippen molar-refractivity contribution in [1.82, 2.24) is 4.90 Å². The van der Waals surface area contributed by atoms with Crippen LogP contribution in [0.25, 0.3) is 0 Å². The maximum atomic E-state index is 13.8. The number of ketones is 1. The molecule has 0 N–H and O–H groups in total. The van der Waals surface area contributed by atoms with Gasteiger partial charge in [0.15, 0.2) is 8.32 Å². The average molecular weight is 580 g/mol. The summed E-state index contributed by atoms with van der Waals surface area (Å²) in [5, 5.41) is 0. The third-order valence-electron chi connectivity index (χ3n) is 7.88. The Kier molecular flexibility index (Phi) is 13.2. The lowest BCUT2D eigenvalue weighted by Gasteiger charge is -2.42. The first-order chi connectivity index (χ1) is 19.2. The standard InChI is InChI=1S/C35H53NO4Si/c1-26(2)41(27(3)4,28(5)6)39-24-18-17-23-32(33(37)34(38)40-35(8,9)10)36(25-30-19-13-11-14-20-30)29(7)31-21-15-12-16-22-31/h11-17,19-23,26-29,32H,18,24-25H2,1-10H3/b23-17+/t29-,32-/m1/s1. The molecule has 2 aromatic carbocycles. The second-order valence-corrected chi connectivity index (χ2v) is 18.4. The number of benzene rings is 2. The SMILES string of the molecule is CC(C)[Si](OCC/C=C/[C@H](C(=O)C(=O)OC(C)(C)C)N(Cc1ccccc1)[C@H](C)c1ccccc1)(C(C)C)C(C)C. The van der Waals surface area contributed by atoms with Crippen molar-refractivity contribution in [1.29, 1.82) is 0 Å². The molecule has 6 heteroatoms. The van der Waals surface area contributed by atoms with Gasteiger partial charge in [-0.1, -0.05) is 114 Å². The van der Waals surface area contributed by atoms with E-state index in [2.05, 4.69) is 65.5 Å². The van der Waals surface area contributed by atoms with Gasteiger partial charge in [0.25, 0.3) is 5.78 Å². The average Bonchev–Trinajstić information content (AvgIpc) is 2.90. The smallest absolute Gasteiger partial charge is 0.377 e. The van der Waals surface area contributed by atoms with Gasteiger partial charge in [-0.3, -0.25) is 9.69 Å². The topological polar surface area (TPSA) is 55.8 Å². The number of hydrogen-bond acceptors (Lipinski definition) is 5. The summed E-state index contributed by atoms with van der Waals surface area (Å²) in [6.07, 6.45) is 4.54. The number of rotatable bonds is 15. The normalized spacial score (nSPS) is 14.3. The van der Waals surface area contributed by atoms with E-state index >= 15 is 0 Å². The highest BCUT2D eigenvalue weighted by molar-refractivity contribution is 6.77. The highest BCUT2D eigenvalue weighted by Crippen LogP contribution is 2.42. The predicted octanol–water partition coefficient (Wildman–Crippen LogP) is 8.67. The van der Waals surface area contributed by atoms with E-state index in [-0.39, 0.29) is 6.04 Å². The maximum absolute atomic E-state index is 13.8. The number of ether oxygens (including phenoxy) is 1. The minimum atomic E-state index is -1.99. The van der Waals surface area contributed by atoms with Crippen LogP contribution in [0.2, 0.25) is 16.6 Å². The summed E-state index contributed by atoms with van der Waals surface area (Å²) >= 11 is 0. The molecule has 0 fully saturated rings. The van der Waals surface area contributed by atoms with Gasteiger partial charge in [0, 0.05) is 19.2 Å². The van der Waals surface area contributed by atoms with E-state index in [1.807, 2.05) is 60.7 Å². The molecule has 0 aromatic heterocycles. The Morgan fingerprint density at radius 2 is 1.34 bits per heavy atom. The minimum Gasteiger partial charge on any atom is -0.454 e. The zero-order chi connectivity index (χ0) is 30.8. The highest BCUT2D eigenvalue weighted by Gasteiger charge is 2.44. The predicted molar refractivity (Wildman–Crippen MR) is 172 cm³/mol.